The van der Waals surface area contributed by atoms with Crippen molar-refractivity contribution < 1.29 is 13.2 Å². The van der Waals surface area contributed by atoms with Crippen LogP contribution in [-0.2, 0) is 0 Å². The van der Waals surface area contributed by atoms with Crippen molar-refractivity contribution in [3.8, 4) is 0 Å². The average molecular weight is 252 g/mol. The summed E-state index contributed by atoms with van der Waals surface area (Å²) in [6.45, 7) is 1.61. The fraction of sp³-hybridized carbons (Fsp3) is 0.0769. The van der Waals surface area contributed by atoms with Crippen LogP contribution in [0.15, 0.2) is 30.3 Å². The second-order valence-corrected chi connectivity index (χ2v) is 3.91. The summed E-state index contributed by atoms with van der Waals surface area (Å²) in [5, 5.41) is 2.57. The highest BCUT2D eigenvalue weighted by Crippen LogP contribution is 2.28. The summed E-state index contributed by atoms with van der Waals surface area (Å²) in [4.78, 5) is 0. The van der Waals surface area contributed by atoms with Gasteiger partial charge in [-0.25, -0.2) is 13.2 Å². The molecule has 0 heterocycles. The molecule has 0 bridgehead atoms. The first-order valence-corrected chi connectivity index (χ1v) is 5.25. The number of benzene rings is 2. The minimum atomic E-state index is -1.09. The predicted molar refractivity (Wildman–Crippen MR) is 65.2 cm³/mol. The Bertz CT molecular complexity index is 597. The number of nitrogens with one attached hydrogen (secondary N) is 1. The number of anilines is 3. The summed E-state index contributed by atoms with van der Waals surface area (Å²) in [5.74, 6) is -2.54. The molecular formula is C13H11F3N2. The molecule has 0 amide bonds. The zero-order valence-corrected chi connectivity index (χ0v) is 9.60. The lowest BCUT2D eigenvalue weighted by atomic mass is 10.2. The van der Waals surface area contributed by atoms with E-state index < -0.39 is 17.5 Å². The van der Waals surface area contributed by atoms with E-state index in [1.54, 1.807) is 13.0 Å². The lowest BCUT2D eigenvalue weighted by Gasteiger charge is -2.11. The molecule has 0 aliphatic heterocycles. The third kappa shape index (κ3) is 2.25. The third-order valence-electron chi connectivity index (χ3n) is 2.57. The Morgan fingerprint density at radius 1 is 1.00 bits per heavy atom. The molecule has 0 fully saturated rings. The molecule has 5 heteroatoms. The van der Waals surface area contributed by atoms with Gasteiger partial charge in [-0.05, 0) is 36.8 Å². The Morgan fingerprint density at radius 2 is 1.72 bits per heavy atom. The summed E-state index contributed by atoms with van der Waals surface area (Å²) in [6, 6.07) is 6.46. The summed E-state index contributed by atoms with van der Waals surface area (Å²) < 4.78 is 39.9. The first-order chi connectivity index (χ1) is 8.49. The average Bonchev–Trinajstić information content (AvgIpc) is 2.34. The van der Waals surface area contributed by atoms with Gasteiger partial charge >= 0.3 is 0 Å². The third-order valence-corrected chi connectivity index (χ3v) is 2.57. The Balaban J connectivity index is 2.39. The molecule has 0 aliphatic rings. The Kier molecular flexibility index (Phi) is 3.14. The van der Waals surface area contributed by atoms with Gasteiger partial charge in [-0.2, -0.15) is 0 Å². The number of halogens is 3. The largest absolute Gasteiger partial charge is 0.397 e. The van der Waals surface area contributed by atoms with Crippen LogP contribution in [0.4, 0.5) is 30.2 Å². The van der Waals surface area contributed by atoms with Crippen LogP contribution in [-0.4, -0.2) is 0 Å². The molecule has 2 rings (SSSR count). The molecule has 2 nitrogen and oxygen atoms in total. The van der Waals surface area contributed by atoms with Gasteiger partial charge in [0.2, 0.25) is 0 Å². The van der Waals surface area contributed by atoms with E-state index in [1.165, 1.54) is 18.2 Å². The second kappa shape index (κ2) is 4.60. The number of hydrogen-bond acceptors (Lipinski definition) is 2. The lowest BCUT2D eigenvalue weighted by Crippen LogP contribution is -2.02. The minimum absolute atomic E-state index is 0.0508. The van der Waals surface area contributed by atoms with Crippen LogP contribution in [0.2, 0.25) is 0 Å². The molecule has 0 spiro atoms. The van der Waals surface area contributed by atoms with Crippen LogP contribution in [0, 0.1) is 24.4 Å². The van der Waals surface area contributed by atoms with Crippen LogP contribution in [0.5, 0.6) is 0 Å². The maximum Gasteiger partial charge on any atom is 0.184 e. The number of aryl methyl sites for hydroxylation is 1. The van der Waals surface area contributed by atoms with Crippen molar-refractivity contribution in [1.29, 1.82) is 0 Å². The molecule has 18 heavy (non-hydrogen) atoms. The van der Waals surface area contributed by atoms with Crippen molar-refractivity contribution in [2.45, 2.75) is 6.92 Å². The van der Waals surface area contributed by atoms with Crippen molar-refractivity contribution in [3.05, 3.63) is 53.3 Å². The summed E-state index contributed by atoms with van der Waals surface area (Å²) in [6.07, 6.45) is 0. The normalized spacial score (nSPS) is 10.4. The van der Waals surface area contributed by atoms with Gasteiger partial charge in [0.25, 0.3) is 0 Å². The zero-order chi connectivity index (χ0) is 13.3. The molecule has 0 unspecified atom stereocenters. The van der Waals surface area contributed by atoms with Gasteiger partial charge in [0.05, 0.1) is 5.69 Å². The summed E-state index contributed by atoms with van der Waals surface area (Å²) in [5.41, 5.74) is 6.16. The number of hydrogen-bond donors (Lipinski definition) is 2. The maximum atomic E-state index is 13.5. The summed E-state index contributed by atoms with van der Waals surface area (Å²) in [7, 11) is 0. The molecule has 3 N–H and O–H groups in total. The van der Waals surface area contributed by atoms with E-state index in [2.05, 4.69) is 5.32 Å². The van der Waals surface area contributed by atoms with Crippen molar-refractivity contribution in [2.24, 2.45) is 0 Å². The van der Waals surface area contributed by atoms with Crippen LogP contribution < -0.4 is 11.1 Å². The summed E-state index contributed by atoms with van der Waals surface area (Å²) >= 11 is 0. The molecular weight excluding hydrogens is 241 g/mol. The fourth-order valence-electron chi connectivity index (χ4n) is 1.51. The quantitative estimate of drug-likeness (QED) is 0.799. The van der Waals surface area contributed by atoms with Gasteiger partial charge in [-0.1, -0.05) is 6.07 Å². The standard InChI is InChI=1S/C13H11F3N2/c1-7-2-3-8(6-10(7)15)18-13-11(17)5-4-9(14)12(13)16/h2-6,18H,17H2,1H3. The molecule has 2 aromatic rings. The first-order valence-electron chi connectivity index (χ1n) is 5.25. The monoisotopic (exact) mass is 252 g/mol. The van der Waals surface area contributed by atoms with E-state index in [0.29, 0.717) is 11.3 Å². The van der Waals surface area contributed by atoms with Crippen molar-refractivity contribution in [1.82, 2.24) is 0 Å². The van der Waals surface area contributed by atoms with E-state index in [4.69, 9.17) is 5.73 Å². The van der Waals surface area contributed by atoms with E-state index >= 15 is 0 Å². The van der Waals surface area contributed by atoms with Crippen LogP contribution in [0.25, 0.3) is 0 Å². The Morgan fingerprint density at radius 3 is 2.39 bits per heavy atom. The molecule has 2 aromatic carbocycles. The lowest BCUT2D eigenvalue weighted by molar-refractivity contribution is 0.512. The molecule has 0 aliphatic carbocycles. The van der Waals surface area contributed by atoms with Crippen LogP contribution in [0.1, 0.15) is 5.56 Å². The number of rotatable bonds is 2. The molecule has 0 atom stereocenters. The smallest absolute Gasteiger partial charge is 0.184 e. The van der Waals surface area contributed by atoms with Gasteiger partial charge in [0.1, 0.15) is 11.5 Å². The molecule has 0 saturated heterocycles. The zero-order valence-electron chi connectivity index (χ0n) is 9.60. The maximum absolute atomic E-state index is 13.5. The van der Waals surface area contributed by atoms with Crippen molar-refractivity contribution in [2.75, 3.05) is 11.1 Å². The molecule has 0 radical (unpaired) electrons. The predicted octanol–water partition coefficient (Wildman–Crippen LogP) is 3.74. The molecule has 0 saturated carbocycles. The first kappa shape index (κ1) is 12.3. The van der Waals surface area contributed by atoms with Crippen LogP contribution in [0.3, 0.4) is 0 Å². The highest BCUT2D eigenvalue weighted by molar-refractivity contribution is 5.73. The van der Waals surface area contributed by atoms with E-state index in [-0.39, 0.29) is 11.4 Å². The highest BCUT2D eigenvalue weighted by atomic mass is 19.2. The topological polar surface area (TPSA) is 38.0 Å². The second-order valence-electron chi connectivity index (χ2n) is 3.91. The van der Waals surface area contributed by atoms with E-state index in [0.717, 1.165) is 6.07 Å². The van der Waals surface area contributed by atoms with Crippen LogP contribution >= 0.6 is 0 Å². The van der Waals surface area contributed by atoms with E-state index in [9.17, 15) is 13.2 Å². The fourth-order valence-corrected chi connectivity index (χ4v) is 1.51. The molecule has 94 valence electrons. The SMILES string of the molecule is Cc1ccc(Nc2c(N)ccc(F)c2F)cc1F. The van der Waals surface area contributed by atoms with Crippen molar-refractivity contribution in [3.63, 3.8) is 0 Å². The van der Waals surface area contributed by atoms with Crippen molar-refractivity contribution >= 4 is 17.1 Å². The Hall–Kier alpha value is -2.17. The number of nitrogens with two attached hydrogens (primary N) is 1. The van der Waals surface area contributed by atoms with Gasteiger partial charge in [-0.3, -0.25) is 0 Å². The van der Waals surface area contributed by atoms with Gasteiger partial charge < -0.3 is 11.1 Å². The van der Waals surface area contributed by atoms with E-state index in [1.807, 2.05) is 0 Å². The van der Waals surface area contributed by atoms with Gasteiger partial charge in [0.15, 0.2) is 11.6 Å². The number of nitrogen functional groups attached to an aromatic ring is 1. The van der Waals surface area contributed by atoms with Gasteiger partial charge in [0, 0.05) is 5.69 Å². The van der Waals surface area contributed by atoms with Gasteiger partial charge in [-0.15, -0.1) is 0 Å². The highest BCUT2D eigenvalue weighted by Gasteiger charge is 2.12. The molecule has 0 aromatic heterocycles. The minimum Gasteiger partial charge on any atom is -0.397 e. The Labute approximate surface area is 102 Å².